The number of carbonyl (C=O) groups excluding carboxylic acids is 1. The maximum absolute atomic E-state index is 13.6. The van der Waals surface area contributed by atoms with E-state index in [0.29, 0.717) is 33.8 Å². The van der Waals surface area contributed by atoms with E-state index in [-0.39, 0.29) is 5.91 Å². The zero-order valence-electron chi connectivity index (χ0n) is 18.6. The first kappa shape index (κ1) is 23.3. The summed E-state index contributed by atoms with van der Waals surface area (Å²) < 4.78 is 11.7. The molecule has 2 aromatic carbocycles. The lowest BCUT2D eigenvalue weighted by Gasteiger charge is -2.25. The largest absolute Gasteiger partial charge is 0.493 e. The number of amides is 1. The molecular formula is C23H28ClN3O3S. The molecule has 0 aliphatic heterocycles. The van der Waals surface area contributed by atoms with Gasteiger partial charge in [-0.3, -0.25) is 9.69 Å². The third kappa shape index (κ3) is 5.11. The van der Waals surface area contributed by atoms with Crippen LogP contribution in [0.5, 0.6) is 11.5 Å². The molecule has 0 aliphatic carbocycles. The van der Waals surface area contributed by atoms with E-state index in [4.69, 9.17) is 26.1 Å². The molecule has 0 spiro atoms. The van der Waals surface area contributed by atoms with E-state index in [1.54, 1.807) is 37.3 Å². The fourth-order valence-corrected chi connectivity index (χ4v) is 4.89. The quantitative estimate of drug-likeness (QED) is 0.434. The second-order valence-electron chi connectivity index (χ2n) is 7.12. The second-order valence-corrected chi connectivity index (χ2v) is 8.56. The normalized spacial score (nSPS) is 11.2. The molecule has 0 atom stereocenters. The molecule has 1 heterocycles. The van der Waals surface area contributed by atoms with E-state index in [9.17, 15) is 4.79 Å². The van der Waals surface area contributed by atoms with Crippen molar-refractivity contribution in [3.8, 4) is 11.5 Å². The summed E-state index contributed by atoms with van der Waals surface area (Å²) in [6.07, 6.45) is 0. The molecule has 0 saturated carbocycles. The minimum Gasteiger partial charge on any atom is -0.493 e. The number of nitrogens with zero attached hydrogens (tertiary/aromatic N) is 3. The highest BCUT2D eigenvalue weighted by atomic mass is 35.5. The van der Waals surface area contributed by atoms with Gasteiger partial charge in [0.15, 0.2) is 16.6 Å². The number of hydrogen-bond donors (Lipinski definition) is 0. The van der Waals surface area contributed by atoms with Crippen molar-refractivity contribution < 1.29 is 14.3 Å². The van der Waals surface area contributed by atoms with Crippen LogP contribution >= 0.6 is 22.9 Å². The monoisotopic (exact) mass is 461 g/mol. The standard InChI is InChI=1S/C23H28ClN3O3S/c1-6-26(7-2)10-11-27(22(28)16-8-9-18(29-4)19(13-16)30-5)23-25-21-15(3)12-17(24)14-20(21)31-23/h8-9,12-14H,6-7,10-11H2,1-5H3. The van der Waals surface area contributed by atoms with E-state index in [1.165, 1.54) is 11.3 Å². The van der Waals surface area contributed by atoms with Crippen LogP contribution < -0.4 is 14.4 Å². The molecule has 31 heavy (non-hydrogen) atoms. The molecule has 0 saturated heterocycles. The predicted octanol–water partition coefficient (Wildman–Crippen LogP) is 5.26. The number of benzene rings is 2. The van der Waals surface area contributed by atoms with Crippen molar-refractivity contribution in [1.29, 1.82) is 0 Å². The average Bonchev–Trinajstić information content (AvgIpc) is 3.19. The van der Waals surface area contributed by atoms with Gasteiger partial charge in [-0.15, -0.1) is 0 Å². The van der Waals surface area contributed by atoms with Gasteiger partial charge in [0.05, 0.1) is 24.4 Å². The molecule has 166 valence electrons. The molecule has 0 radical (unpaired) electrons. The Morgan fingerprint density at radius 1 is 1.06 bits per heavy atom. The van der Waals surface area contributed by atoms with Crippen molar-refractivity contribution in [2.24, 2.45) is 0 Å². The molecule has 8 heteroatoms. The Kier molecular flexibility index (Phi) is 7.75. The highest BCUT2D eigenvalue weighted by Crippen LogP contribution is 2.34. The van der Waals surface area contributed by atoms with Crippen molar-refractivity contribution >= 4 is 44.2 Å². The summed E-state index contributed by atoms with van der Waals surface area (Å²) in [5, 5.41) is 1.33. The van der Waals surface area contributed by atoms with Gasteiger partial charge < -0.3 is 14.4 Å². The second kappa shape index (κ2) is 10.3. The lowest BCUT2D eigenvalue weighted by atomic mass is 10.1. The van der Waals surface area contributed by atoms with E-state index in [0.717, 1.165) is 35.4 Å². The van der Waals surface area contributed by atoms with Gasteiger partial charge in [0.1, 0.15) is 0 Å². The summed E-state index contributed by atoms with van der Waals surface area (Å²) >= 11 is 7.72. The van der Waals surface area contributed by atoms with E-state index in [2.05, 4.69) is 18.7 Å². The Bertz CT molecular complexity index is 1070. The highest BCUT2D eigenvalue weighted by molar-refractivity contribution is 7.22. The van der Waals surface area contributed by atoms with Gasteiger partial charge in [-0.25, -0.2) is 4.98 Å². The first-order valence-corrected chi connectivity index (χ1v) is 11.4. The predicted molar refractivity (Wildman–Crippen MR) is 128 cm³/mol. The number of ether oxygens (including phenoxy) is 2. The number of aromatic nitrogens is 1. The van der Waals surface area contributed by atoms with Gasteiger partial charge in [-0.05, 0) is 55.9 Å². The fraction of sp³-hybridized carbons (Fsp3) is 0.391. The van der Waals surface area contributed by atoms with Crippen molar-refractivity contribution in [3.63, 3.8) is 0 Å². The molecule has 1 amide bonds. The number of likely N-dealkylation sites (N-methyl/N-ethyl adjacent to an activating group) is 1. The van der Waals surface area contributed by atoms with Crippen LogP contribution in [-0.2, 0) is 0 Å². The van der Waals surface area contributed by atoms with Crippen LogP contribution in [0.15, 0.2) is 30.3 Å². The number of fused-ring (bicyclic) bond motifs is 1. The van der Waals surface area contributed by atoms with Gasteiger partial charge >= 0.3 is 0 Å². The van der Waals surface area contributed by atoms with E-state index in [1.807, 2.05) is 19.1 Å². The number of methoxy groups -OCH3 is 2. The van der Waals surface area contributed by atoms with Crippen molar-refractivity contribution in [2.75, 3.05) is 45.3 Å². The SMILES string of the molecule is CCN(CC)CCN(C(=O)c1ccc(OC)c(OC)c1)c1nc2c(C)cc(Cl)cc2s1. The van der Waals surface area contributed by atoms with Crippen molar-refractivity contribution in [2.45, 2.75) is 20.8 Å². The minimum absolute atomic E-state index is 0.129. The Labute approximate surface area is 192 Å². The Hall–Kier alpha value is -2.35. The number of thiazole rings is 1. The zero-order valence-corrected chi connectivity index (χ0v) is 20.1. The number of hydrogen-bond acceptors (Lipinski definition) is 6. The summed E-state index contributed by atoms with van der Waals surface area (Å²) in [5.74, 6) is 0.971. The first-order chi connectivity index (χ1) is 14.9. The summed E-state index contributed by atoms with van der Waals surface area (Å²) in [4.78, 5) is 22.4. The molecule has 6 nitrogen and oxygen atoms in total. The van der Waals surface area contributed by atoms with Crippen LogP contribution in [0, 0.1) is 6.92 Å². The van der Waals surface area contributed by atoms with Crippen LogP contribution in [0.25, 0.3) is 10.2 Å². The number of rotatable bonds is 9. The summed E-state index contributed by atoms with van der Waals surface area (Å²) in [7, 11) is 3.13. The minimum atomic E-state index is -0.129. The molecule has 0 fully saturated rings. The molecule has 3 rings (SSSR count). The number of aryl methyl sites for hydroxylation is 1. The highest BCUT2D eigenvalue weighted by Gasteiger charge is 2.23. The van der Waals surface area contributed by atoms with Gasteiger partial charge in [0.2, 0.25) is 0 Å². The van der Waals surface area contributed by atoms with Crippen LogP contribution in [-0.4, -0.2) is 56.2 Å². The lowest BCUT2D eigenvalue weighted by Crippen LogP contribution is -2.38. The van der Waals surface area contributed by atoms with Gasteiger partial charge in [-0.2, -0.15) is 0 Å². The fourth-order valence-electron chi connectivity index (χ4n) is 3.45. The van der Waals surface area contributed by atoms with Gasteiger partial charge in [-0.1, -0.05) is 36.8 Å². The third-order valence-corrected chi connectivity index (χ3v) is 6.52. The lowest BCUT2D eigenvalue weighted by molar-refractivity contribution is 0.0983. The molecule has 0 N–H and O–H groups in total. The molecule has 0 aliphatic rings. The summed E-state index contributed by atoms with van der Waals surface area (Å²) in [6.45, 7) is 9.34. The van der Waals surface area contributed by atoms with Crippen LogP contribution in [0.1, 0.15) is 29.8 Å². The molecule has 0 unspecified atom stereocenters. The molecule has 3 aromatic rings. The third-order valence-electron chi connectivity index (χ3n) is 5.28. The van der Waals surface area contributed by atoms with Gasteiger partial charge in [0, 0.05) is 23.7 Å². The van der Waals surface area contributed by atoms with Crippen LogP contribution in [0.4, 0.5) is 5.13 Å². The van der Waals surface area contributed by atoms with E-state index < -0.39 is 0 Å². The smallest absolute Gasteiger partial charge is 0.260 e. The Morgan fingerprint density at radius 3 is 2.42 bits per heavy atom. The zero-order chi connectivity index (χ0) is 22.5. The number of carbonyl (C=O) groups is 1. The number of anilines is 1. The van der Waals surface area contributed by atoms with Crippen molar-refractivity contribution in [3.05, 3.63) is 46.5 Å². The Balaban J connectivity index is 2.02. The topological polar surface area (TPSA) is 54.9 Å². The average molecular weight is 462 g/mol. The number of halogens is 1. The van der Waals surface area contributed by atoms with Crippen molar-refractivity contribution in [1.82, 2.24) is 9.88 Å². The first-order valence-electron chi connectivity index (χ1n) is 10.2. The summed E-state index contributed by atoms with van der Waals surface area (Å²) in [6, 6.07) is 9.00. The summed E-state index contributed by atoms with van der Waals surface area (Å²) in [5.41, 5.74) is 2.39. The molecule has 0 bridgehead atoms. The molecule has 1 aromatic heterocycles. The van der Waals surface area contributed by atoms with Crippen LogP contribution in [0.3, 0.4) is 0 Å². The maximum Gasteiger partial charge on any atom is 0.260 e. The van der Waals surface area contributed by atoms with E-state index >= 15 is 0 Å². The van der Waals surface area contributed by atoms with Crippen LogP contribution in [0.2, 0.25) is 5.02 Å². The Morgan fingerprint density at radius 2 is 1.77 bits per heavy atom. The molecular weight excluding hydrogens is 434 g/mol. The maximum atomic E-state index is 13.6. The van der Waals surface area contributed by atoms with Gasteiger partial charge in [0.25, 0.3) is 5.91 Å².